The number of benzene rings is 1. The van der Waals surface area contributed by atoms with E-state index in [0.29, 0.717) is 16.9 Å². The Morgan fingerprint density at radius 3 is 2.71 bits per heavy atom. The third-order valence-electron chi connectivity index (χ3n) is 5.06. The summed E-state index contributed by atoms with van der Waals surface area (Å²) in [5.74, 6) is 0.604. The molecule has 3 rings (SSSR count). The molecule has 1 atom stereocenters. The van der Waals surface area contributed by atoms with Crippen molar-refractivity contribution in [3.8, 4) is 5.75 Å². The summed E-state index contributed by atoms with van der Waals surface area (Å²) in [6.45, 7) is 5.97. The Balaban J connectivity index is 1.70. The summed E-state index contributed by atoms with van der Waals surface area (Å²) >= 11 is 0. The number of rotatable bonds is 7. The van der Waals surface area contributed by atoms with Crippen molar-refractivity contribution in [1.29, 1.82) is 0 Å². The standard InChI is InChI=1S/C24H26O4/c1-17(8-6-9-18(2)16-25)10-7-14-24(3)15-13-20-22(28-24)19-11-4-5-12-21(19)27-23(20)26/h4-5,9-13,15-16H,6-8,14H2,1-3H3/b17-10+,18-9+/t24-/m1/s1. The van der Waals surface area contributed by atoms with Crippen molar-refractivity contribution < 1.29 is 13.9 Å². The van der Waals surface area contributed by atoms with E-state index in [1.807, 2.05) is 50.3 Å². The number of carbonyl (C=O) groups excluding carboxylic acids is 1. The van der Waals surface area contributed by atoms with Crippen molar-refractivity contribution >= 4 is 23.3 Å². The zero-order chi connectivity index (χ0) is 20.1. The maximum atomic E-state index is 12.2. The second-order valence-corrected chi connectivity index (χ2v) is 7.57. The number of carbonyl (C=O) groups is 1. The molecule has 4 nitrogen and oxygen atoms in total. The second-order valence-electron chi connectivity index (χ2n) is 7.57. The van der Waals surface area contributed by atoms with Gasteiger partial charge in [0.2, 0.25) is 0 Å². The van der Waals surface area contributed by atoms with Crippen molar-refractivity contribution in [2.24, 2.45) is 0 Å². The van der Waals surface area contributed by atoms with Gasteiger partial charge in [-0.05, 0) is 76.3 Å². The van der Waals surface area contributed by atoms with Crippen LogP contribution in [-0.2, 0) is 4.79 Å². The highest BCUT2D eigenvalue weighted by molar-refractivity contribution is 5.87. The van der Waals surface area contributed by atoms with Gasteiger partial charge in [-0.3, -0.25) is 4.79 Å². The Morgan fingerprint density at radius 1 is 1.14 bits per heavy atom. The molecule has 0 saturated carbocycles. The largest absolute Gasteiger partial charge is 0.482 e. The minimum Gasteiger partial charge on any atom is -0.482 e. The van der Waals surface area contributed by atoms with Crippen LogP contribution in [0.15, 0.2) is 62.9 Å². The summed E-state index contributed by atoms with van der Waals surface area (Å²) < 4.78 is 11.7. The van der Waals surface area contributed by atoms with Crippen molar-refractivity contribution in [2.75, 3.05) is 0 Å². The van der Waals surface area contributed by atoms with Crippen molar-refractivity contribution in [3.63, 3.8) is 0 Å². The second kappa shape index (κ2) is 8.42. The average Bonchev–Trinajstić information content (AvgIpc) is 2.67. The van der Waals surface area contributed by atoms with Gasteiger partial charge in [-0.2, -0.15) is 0 Å². The first-order valence-corrected chi connectivity index (χ1v) is 9.63. The van der Waals surface area contributed by atoms with Gasteiger partial charge in [0.05, 0.1) is 5.39 Å². The van der Waals surface area contributed by atoms with E-state index in [1.54, 1.807) is 6.07 Å². The van der Waals surface area contributed by atoms with Crippen LogP contribution in [0, 0.1) is 0 Å². The molecule has 1 aliphatic heterocycles. The number of aldehydes is 1. The summed E-state index contributed by atoms with van der Waals surface area (Å²) in [5.41, 5.74) is 2.23. The molecule has 0 aliphatic carbocycles. The van der Waals surface area contributed by atoms with Gasteiger partial charge in [-0.1, -0.05) is 29.9 Å². The quantitative estimate of drug-likeness (QED) is 0.272. The Hall–Kier alpha value is -2.88. The number of fused-ring (bicyclic) bond motifs is 3. The van der Waals surface area contributed by atoms with E-state index in [4.69, 9.17) is 9.15 Å². The Kier molecular flexibility index (Phi) is 5.98. The molecule has 0 saturated heterocycles. The molecule has 0 radical (unpaired) electrons. The Labute approximate surface area is 165 Å². The van der Waals surface area contributed by atoms with Crippen molar-refractivity contribution in [2.45, 2.75) is 52.1 Å². The predicted octanol–water partition coefficient (Wildman–Crippen LogP) is 5.61. The normalized spacial score (nSPS) is 19.4. The lowest BCUT2D eigenvalue weighted by atomic mass is 9.94. The highest BCUT2D eigenvalue weighted by Gasteiger charge is 2.29. The number of para-hydroxylation sites is 1. The van der Waals surface area contributed by atoms with Crippen LogP contribution in [0.4, 0.5) is 0 Å². The summed E-state index contributed by atoms with van der Waals surface area (Å²) in [6, 6.07) is 7.45. The van der Waals surface area contributed by atoms with Gasteiger partial charge in [0.1, 0.15) is 28.8 Å². The van der Waals surface area contributed by atoms with Gasteiger partial charge >= 0.3 is 5.63 Å². The minimum absolute atomic E-state index is 0.374. The lowest BCUT2D eigenvalue weighted by Crippen LogP contribution is -2.33. The fraction of sp³-hybridized carbons (Fsp3) is 0.333. The van der Waals surface area contributed by atoms with Crippen LogP contribution in [0.25, 0.3) is 17.0 Å². The summed E-state index contributed by atoms with van der Waals surface area (Å²) in [4.78, 5) is 22.9. The molecule has 146 valence electrons. The molecule has 0 unspecified atom stereocenters. The smallest absolute Gasteiger partial charge is 0.347 e. The fourth-order valence-corrected chi connectivity index (χ4v) is 3.33. The van der Waals surface area contributed by atoms with Crippen molar-refractivity contribution in [1.82, 2.24) is 0 Å². The molecule has 0 amide bonds. The molecule has 2 heterocycles. The third-order valence-corrected chi connectivity index (χ3v) is 5.06. The van der Waals surface area contributed by atoms with Crippen LogP contribution < -0.4 is 10.4 Å². The molecule has 28 heavy (non-hydrogen) atoms. The van der Waals surface area contributed by atoms with Gasteiger partial charge in [-0.25, -0.2) is 4.79 Å². The topological polar surface area (TPSA) is 56.5 Å². The molecule has 0 spiro atoms. The zero-order valence-electron chi connectivity index (χ0n) is 16.7. The maximum absolute atomic E-state index is 12.2. The van der Waals surface area contributed by atoms with Crippen LogP contribution >= 0.6 is 0 Å². The van der Waals surface area contributed by atoms with Gasteiger partial charge < -0.3 is 9.15 Å². The third kappa shape index (κ3) is 4.50. The molecule has 1 aliphatic rings. The molecule has 0 bridgehead atoms. The van der Waals surface area contributed by atoms with E-state index in [9.17, 15) is 9.59 Å². The van der Waals surface area contributed by atoms with Gasteiger partial charge in [-0.15, -0.1) is 0 Å². The van der Waals surface area contributed by atoms with E-state index in [0.717, 1.165) is 42.9 Å². The summed E-state index contributed by atoms with van der Waals surface area (Å²) in [5, 5.41) is 0.816. The number of allylic oxidation sites excluding steroid dienone is 4. The maximum Gasteiger partial charge on any atom is 0.347 e. The van der Waals surface area contributed by atoms with Crippen LogP contribution in [-0.4, -0.2) is 11.9 Å². The van der Waals surface area contributed by atoms with Crippen LogP contribution in [0.5, 0.6) is 5.75 Å². The molecule has 4 heteroatoms. The van der Waals surface area contributed by atoms with E-state index in [1.165, 1.54) is 5.57 Å². The van der Waals surface area contributed by atoms with Crippen LogP contribution in [0.1, 0.15) is 52.0 Å². The number of ether oxygens (including phenoxy) is 1. The van der Waals surface area contributed by atoms with E-state index in [2.05, 4.69) is 13.0 Å². The lowest BCUT2D eigenvalue weighted by Gasteiger charge is -2.31. The molecule has 2 aromatic rings. The SMILES string of the molecule is C/C(C=O)=C\CC/C(C)=C/CC[C@]1(C)C=Cc2c(c3ccccc3oc2=O)O1. The average molecular weight is 378 g/mol. The molecular formula is C24H26O4. The predicted molar refractivity (Wildman–Crippen MR) is 113 cm³/mol. The molecule has 0 N–H and O–H groups in total. The van der Waals surface area contributed by atoms with E-state index < -0.39 is 5.60 Å². The monoisotopic (exact) mass is 378 g/mol. The first kappa shape index (κ1) is 19.9. The Morgan fingerprint density at radius 2 is 1.93 bits per heavy atom. The molecular weight excluding hydrogens is 352 g/mol. The number of hydrogen-bond acceptors (Lipinski definition) is 4. The molecule has 1 aromatic heterocycles. The van der Waals surface area contributed by atoms with Gasteiger partial charge in [0.25, 0.3) is 0 Å². The number of hydrogen-bond donors (Lipinski definition) is 0. The summed E-state index contributed by atoms with van der Waals surface area (Å²) in [7, 11) is 0. The lowest BCUT2D eigenvalue weighted by molar-refractivity contribution is -0.104. The van der Waals surface area contributed by atoms with Crippen LogP contribution in [0.3, 0.4) is 0 Å². The van der Waals surface area contributed by atoms with Crippen LogP contribution in [0.2, 0.25) is 0 Å². The Bertz CT molecular complexity index is 1020. The van der Waals surface area contributed by atoms with Gasteiger partial charge in [0.15, 0.2) is 0 Å². The molecule has 1 aromatic carbocycles. The van der Waals surface area contributed by atoms with Crippen molar-refractivity contribution in [3.05, 3.63) is 69.6 Å². The highest BCUT2D eigenvalue weighted by Crippen LogP contribution is 2.37. The highest BCUT2D eigenvalue weighted by atomic mass is 16.5. The van der Waals surface area contributed by atoms with E-state index >= 15 is 0 Å². The minimum atomic E-state index is -0.478. The molecule has 0 fully saturated rings. The summed E-state index contributed by atoms with van der Waals surface area (Å²) in [6.07, 6.45) is 12.3. The van der Waals surface area contributed by atoms with E-state index in [-0.39, 0.29) is 5.63 Å². The van der Waals surface area contributed by atoms with Gasteiger partial charge in [0, 0.05) is 0 Å². The first-order valence-electron chi connectivity index (χ1n) is 9.63. The zero-order valence-corrected chi connectivity index (χ0v) is 16.7. The first-order chi connectivity index (χ1) is 13.4. The fourth-order valence-electron chi connectivity index (χ4n) is 3.33.